The summed E-state index contributed by atoms with van der Waals surface area (Å²) in [6.07, 6.45) is 0.876. The predicted molar refractivity (Wildman–Crippen MR) is 115 cm³/mol. The van der Waals surface area contributed by atoms with Gasteiger partial charge in [0, 0.05) is 11.6 Å². The van der Waals surface area contributed by atoms with Gasteiger partial charge in [0.15, 0.2) is 0 Å². The van der Waals surface area contributed by atoms with Crippen LogP contribution in [0.3, 0.4) is 0 Å². The van der Waals surface area contributed by atoms with Crippen molar-refractivity contribution in [1.82, 2.24) is 16.0 Å². The lowest BCUT2D eigenvalue weighted by molar-refractivity contribution is -0.124. The number of methoxy groups -OCH3 is 1. The van der Waals surface area contributed by atoms with Gasteiger partial charge in [-0.15, -0.1) is 12.4 Å². The molecular weight excluding hydrogens is 390 g/mol. The third-order valence-corrected chi connectivity index (χ3v) is 5.14. The van der Waals surface area contributed by atoms with Crippen LogP contribution in [0.15, 0.2) is 54.6 Å². The average Bonchev–Trinajstić information content (AvgIpc) is 2.74. The van der Waals surface area contributed by atoms with E-state index in [0.29, 0.717) is 17.2 Å². The van der Waals surface area contributed by atoms with Crippen LogP contribution in [-0.2, 0) is 4.79 Å². The second-order valence-electron chi connectivity index (χ2n) is 7.13. The van der Waals surface area contributed by atoms with E-state index in [1.54, 1.807) is 31.4 Å². The number of carbonyl (C=O) groups excluding carboxylic acids is 2. The Morgan fingerprint density at radius 2 is 1.79 bits per heavy atom. The molecule has 1 saturated heterocycles. The summed E-state index contributed by atoms with van der Waals surface area (Å²) < 4.78 is 5.13. The highest BCUT2D eigenvalue weighted by molar-refractivity contribution is 5.98. The Hall–Kier alpha value is -2.57. The van der Waals surface area contributed by atoms with E-state index in [2.05, 4.69) is 22.9 Å². The van der Waals surface area contributed by atoms with Crippen molar-refractivity contribution < 1.29 is 14.3 Å². The van der Waals surface area contributed by atoms with Gasteiger partial charge in [-0.2, -0.15) is 0 Å². The first-order valence-corrected chi connectivity index (χ1v) is 9.59. The molecule has 3 unspecified atom stereocenters. The quantitative estimate of drug-likeness (QED) is 0.675. The number of hydrogen-bond donors (Lipinski definition) is 3. The maximum atomic E-state index is 13.1. The highest BCUT2D eigenvalue weighted by Gasteiger charge is 2.28. The van der Waals surface area contributed by atoms with Crippen LogP contribution in [0.2, 0.25) is 0 Å². The van der Waals surface area contributed by atoms with Crippen molar-refractivity contribution in [2.75, 3.05) is 20.2 Å². The smallest absolute Gasteiger partial charge is 0.252 e. The molecule has 1 aliphatic heterocycles. The highest BCUT2D eigenvalue weighted by atomic mass is 35.5. The predicted octanol–water partition coefficient (Wildman–Crippen LogP) is 2.70. The molecule has 1 aliphatic rings. The van der Waals surface area contributed by atoms with Crippen molar-refractivity contribution in [3.63, 3.8) is 0 Å². The SMILES string of the molecule is COc1ccc(C(=O)NC(C(=O)NC2CCNCC2C)c2ccccc2)cc1.Cl. The third kappa shape index (κ3) is 5.95. The Kier molecular flexibility index (Phi) is 8.49. The Labute approximate surface area is 177 Å². The van der Waals surface area contributed by atoms with Crippen molar-refractivity contribution >= 4 is 24.2 Å². The first kappa shape index (κ1) is 22.7. The molecule has 0 aliphatic carbocycles. The molecular formula is C22H28ClN3O3. The van der Waals surface area contributed by atoms with Crippen LogP contribution in [0.1, 0.15) is 35.3 Å². The first-order valence-electron chi connectivity index (χ1n) is 9.59. The minimum Gasteiger partial charge on any atom is -0.497 e. The molecule has 0 saturated carbocycles. The fourth-order valence-corrected chi connectivity index (χ4v) is 3.40. The minimum absolute atomic E-state index is 0. The summed E-state index contributed by atoms with van der Waals surface area (Å²) in [5.41, 5.74) is 1.23. The van der Waals surface area contributed by atoms with Crippen molar-refractivity contribution in [3.8, 4) is 5.75 Å². The average molecular weight is 418 g/mol. The van der Waals surface area contributed by atoms with Gasteiger partial charge in [0.1, 0.15) is 11.8 Å². The summed E-state index contributed by atoms with van der Waals surface area (Å²) in [7, 11) is 1.58. The number of ether oxygens (including phenoxy) is 1. The molecule has 2 aromatic rings. The molecule has 3 rings (SSSR count). The lowest BCUT2D eigenvalue weighted by atomic mass is 9.94. The largest absolute Gasteiger partial charge is 0.497 e. The topological polar surface area (TPSA) is 79.5 Å². The Morgan fingerprint density at radius 3 is 2.41 bits per heavy atom. The fraction of sp³-hybridized carbons (Fsp3) is 0.364. The van der Waals surface area contributed by atoms with E-state index in [4.69, 9.17) is 4.74 Å². The van der Waals surface area contributed by atoms with Gasteiger partial charge in [0.05, 0.1) is 7.11 Å². The molecule has 1 fully saturated rings. The summed E-state index contributed by atoms with van der Waals surface area (Å²) in [5, 5.41) is 9.34. The molecule has 156 valence electrons. The zero-order valence-corrected chi connectivity index (χ0v) is 17.5. The number of amides is 2. The summed E-state index contributed by atoms with van der Waals surface area (Å²) in [6, 6.07) is 15.5. The van der Waals surface area contributed by atoms with Gasteiger partial charge >= 0.3 is 0 Å². The normalized spacial score (nSPS) is 19.4. The van der Waals surface area contributed by atoms with Gasteiger partial charge in [-0.1, -0.05) is 37.3 Å². The molecule has 0 spiro atoms. The zero-order valence-electron chi connectivity index (χ0n) is 16.7. The van der Waals surface area contributed by atoms with Gasteiger partial charge in [-0.3, -0.25) is 9.59 Å². The summed E-state index contributed by atoms with van der Waals surface area (Å²) in [6.45, 7) is 3.87. The molecule has 0 radical (unpaired) electrons. The molecule has 1 heterocycles. The number of carbonyl (C=O) groups is 2. The van der Waals surface area contributed by atoms with E-state index < -0.39 is 6.04 Å². The Bertz CT molecular complexity index is 799. The maximum absolute atomic E-state index is 13.1. The molecule has 6 nitrogen and oxygen atoms in total. The second kappa shape index (κ2) is 10.8. The molecule has 7 heteroatoms. The van der Waals surface area contributed by atoms with Crippen LogP contribution in [0.4, 0.5) is 0 Å². The summed E-state index contributed by atoms with van der Waals surface area (Å²) in [4.78, 5) is 25.8. The van der Waals surface area contributed by atoms with E-state index in [1.807, 2.05) is 30.3 Å². The number of nitrogens with one attached hydrogen (secondary N) is 3. The van der Waals surface area contributed by atoms with E-state index in [0.717, 1.165) is 25.1 Å². The Balaban J connectivity index is 0.00000300. The number of benzene rings is 2. The van der Waals surface area contributed by atoms with Crippen molar-refractivity contribution in [2.45, 2.75) is 25.4 Å². The summed E-state index contributed by atoms with van der Waals surface area (Å²) in [5.74, 6) is 0.525. The van der Waals surface area contributed by atoms with E-state index in [9.17, 15) is 9.59 Å². The van der Waals surface area contributed by atoms with Crippen molar-refractivity contribution in [1.29, 1.82) is 0 Å². The summed E-state index contributed by atoms with van der Waals surface area (Å²) >= 11 is 0. The lowest BCUT2D eigenvalue weighted by Gasteiger charge is -2.31. The second-order valence-corrected chi connectivity index (χ2v) is 7.13. The van der Waals surface area contributed by atoms with Crippen LogP contribution in [0.25, 0.3) is 0 Å². The minimum atomic E-state index is -0.752. The molecule has 29 heavy (non-hydrogen) atoms. The highest BCUT2D eigenvalue weighted by Crippen LogP contribution is 2.18. The maximum Gasteiger partial charge on any atom is 0.252 e. The third-order valence-electron chi connectivity index (χ3n) is 5.14. The van der Waals surface area contributed by atoms with Crippen molar-refractivity contribution in [3.05, 3.63) is 65.7 Å². The van der Waals surface area contributed by atoms with Gasteiger partial charge in [0.2, 0.25) is 5.91 Å². The lowest BCUT2D eigenvalue weighted by Crippen LogP contribution is -2.51. The molecule has 2 amide bonds. The molecule has 0 bridgehead atoms. The van der Waals surface area contributed by atoms with E-state index in [1.165, 1.54) is 0 Å². The fourth-order valence-electron chi connectivity index (χ4n) is 3.40. The van der Waals surface area contributed by atoms with Gasteiger partial charge in [0.25, 0.3) is 5.91 Å². The van der Waals surface area contributed by atoms with Crippen LogP contribution >= 0.6 is 12.4 Å². The first-order chi connectivity index (χ1) is 13.6. The van der Waals surface area contributed by atoms with Gasteiger partial charge in [-0.25, -0.2) is 0 Å². The van der Waals surface area contributed by atoms with E-state index in [-0.39, 0.29) is 30.3 Å². The number of piperidine rings is 1. The molecule has 3 N–H and O–H groups in total. The molecule has 3 atom stereocenters. The number of halogens is 1. The van der Waals surface area contributed by atoms with Crippen LogP contribution in [0, 0.1) is 5.92 Å². The van der Waals surface area contributed by atoms with Gasteiger partial charge in [-0.05, 0) is 55.3 Å². The number of hydrogen-bond acceptors (Lipinski definition) is 4. The van der Waals surface area contributed by atoms with E-state index >= 15 is 0 Å². The van der Waals surface area contributed by atoms with Crippen molar-refractivity contribution in [2.24, 2.45) is 5.92 Å². The number of rotatable bonds is 6. The zero-order chi connectivity index (χ0) is 19.9. The van der Waals surface area contributed by atoms with Crippen LogP contribution in [-0.4, -0.2) is 38.1 Å². The molecule has 2 aromatic carbocycles. The van der Waals surface area contributed by atoms with Crippen LogP contribution < -0.4 is 20.7 Å². The Morgan fingerprint density at radius 1 is 1.10 bits per heavy atom. The van der Waals surface area contributed by atoms with Gasteiger partial charge < -0.3 is 20.7 Å². The standard InChI is InChI=1S/C22H27N3O3.ClH/c1-15-14-23-13-12-19(15)24-22(27)20(16-6-4-3-5-7-16)25-21(26)17-8-10-18(28-2)11-9-17;/h3-11,15,19-20,23H,12-14H2,1-2H3,(H,24,27)(H,25,26);1H. The molecule has 0 aromatic heterocycles. The van der Waals surface area contributed by atoms with Crippen LogP contribution in [0.5, 0.6) is 5.75 Å². The monoisotopic (exact) mass is 417 g/mol.